The highest BCUT2D eigenvalue weighted by Gasteiger charge is 2.38. The fourth-order valence-corrected chi connectivity index (χ4v) is 4.39. The third-order valence-corrected chi connectivity index (χ3v) is 5.59. The van der Waals surface area contributed by atoms with Crippen LogP contribution in [0, 0.1) is 5.41 Å². The van der Waals surface area contributed by atoms with Crippen LogP contribution in [0.1, 0.15) is 33.1 Å². The van der Waals surface area contributed by atoms with Crippen LogP contribution >= 0.6 is 11.8 Å². The molecule has 3 nitrogen and oxygen atoms in total. The Hall–Kier alpha value is 0.260. The van der Waals surface area contributed by atoms with Crippen LogP contribution in [0.5, 0.6) is 0 Å². The highest BCUT2D eigenvalue weighted by atomic mass is 32.2. The van der Waals surface area contributed by atoms with Gasteiger partial charge in [0.05, 0.1) is 5.60 Å². The Morgan fingerprint density at radius 1 is 1.31 bits per heavy atom. The quantitative estimate of drug-likeness (QED) is 0.841. The fraction of sp³-hybridized carbons (Fsp3) is 1.00. The molecule has 1 aliphatic rings. The Morgan fingerprint density at radius 2 is 1.94 bits per heavy atom. The van der Waals surface area contributed by atoms with Gasteiger partial charge in [-0.25, -0.2) is 8.42 Å². The van der Waals surface area contributed by atoms with Crippen molar-refractivity contribution in [1.29, 1.82) is 0 Å². The van der Waals surface area contributed by atoms with E-state index in [2.05, 4.69) is 13.8 Å². The molecule has 0 aromatic carbocycles. The van der Waals surface area contributed by atoms with Crippen LogP contribution in [0.2, 0.25) is 0 Å². The smallest absolute Gasteiger partial charge is 0.147 e. The molecule has 1 atom stereocenters. The van der Waals surface area contributed by atoms with Gasteiger partial charge in [-0.05, 0) is 30.4 Å². The van der Waals surface area contributed by atoms with Crippen molar-refractivity contribution >= 4 is 21.6 Å². The third-order valence-electron chi connectivity index (χ3n) is 2.83. The van der Waals surface area contributed by atoms with Gasteiger partial charge in [-0.1, -0.05) is 13.8 Å². The molecular formula is C11H22O3S2. The molecule has 0 bridgehead atoms. The molecule has 1 rings (SSSR count). The molecule has 0 aromatic heterocycles. The number of rotatable bonds is 4. The van der Waals surface area contributed by atoms with Gasteiger partial charge in [0.15, 0.2) is 0 Å². The average Bonchev–Trinajstić information content (AvgIpc) is 1.97. The average molecular weight is 266 g/mol. The first-order valence-electron chi connectivity index (χ1n) is 5.60. The maximum Gasteiger partial charge on any atom is 0.147 e. The van der Waals surface area contributed by atoms with E-state index in [1.165, 1.54) is 6.26 Å². The van der Waals surface area contributed by atoms with Gasteiger partial charge in [-0.3, -0.25) is 0 Å². The molecule has 0 aliphatic carbocycles. The van der Waals surface area contributed by atoms with Crippen LogP contribution in [0.15, 0.2) is 0 Å². The summed E-state index contributed by atoms with van der Waals surface area (Å²) in [5.41, 5.74) is -0.514. The zero-order chi connectivity index (χ0) is 12.4. The van der Waals surface area contributed by atoms with E-state index in [1.54, 1.807) is 11.8 Å². The third kappa shape index (κ3) is 5.06. The van der Waals surface area contributed by atoms with E-state index in [0.717, 1.165) is 17.9 Å². The fourth-order valence-electron chi connectivity index (χ4n) is 2.33. The highest BCUT2D eigenvalue weighted by molar-refractivity contribution is 7.99. The lowest BCUT2D eigenvalue weighted by molar-refractivity contribution is 0.0116. The van der Waals surface area contributed by atoms with Gasteiger partial charge >= 0.3 is 0 Å². The highest BCUT2D eigenvalue weighted by Crippen LogP contribution is 2.41. The largest absolute Gasteiger partial charge is 0.389 e. The van der Waals surface area contributed by atoms with Gasteiger partial charge in [-0.2, -0.15) is 11.8 Å². The molecule has 1 N–H and O–H groups in total. The molecule has 1 heterocycles. The van der Waals surface area contributed by atoms with Gasteiger partial charge in [0.25, 0.3) is 0 Å². The van der Waals surface area contributed by atoms with E-state index in [1.807, 2.05) is 0 Å². The van der Waals surface area contributed by atoms with Crippen LogP contribution in [0.25, 0.3) is 0 Å². The monoisotopic (exact) mass is 266 g/mol. The first kappa shape index (κ1) is 14.3. The van der Waals surface area contributed by atoms with Crippen molar-refractivity contribution in [2.45, 2.75) is 38.7 Å². The van der Waals surface area contributed by atoms with E-state index in [9.17, 15) is 13.5 Å². The lowest BCUT2D eigenvalue weighted by atomic mass is 9.80. The molecule has 0 radical (unpaired) electrons. The summed E-state index contributed by atoms with van der Waals surface area (Å²) in [6.45, 7) is 4.31. The second-order valence-corrected chi connectivity index (χ2v) is 9.04. The van der Waals surface area contributed by atoms with Crippen molar-refractivity contribution < 1.29 is 13.5 Å². The zero-order valence-corrected chi connectivity index (χ0v) is 12.0. The first-order chi connectivity index (χ1) is 7.12. The molecule has 1 aliphatic heterocycles. The summed E-state index contributed by atoms with van der Waals surface area (Å²) in [7, 11) is -2.90. The molecule has 5 heteroatoms. The second kappa shape index (κ2) is 4.86. The van der Waals surface area contributed by atoms with Crippen LogP contribution in [0.4, 0.5) is 0 Å². The molecule has 1 saturated heterocycles. The van der Waals surface area contributed by atoms with Crippen molar-refractivity contribution in [2.24, 2.45) is 5.41 Å². The summed E-state index contributed by atoms with van der Waals surface area (Å²) >= 11 is 1.77. The molecular weight excluding hydrogens is 244 g/mol. The van der Waals surface area contributed by atoms with Crippen molar-refractivity contribution in [3.8, 4) is 0 Å². The molecule has 1 unspecified atom stereocenters. The Morgan fingerprint density at radius 3 is 2.44 bits per heavy atom. The maximum atomic E-state index is 11.0. The Kier molecular flexibility index (Phi) is 4.35. The number of sulfone groups is 1. The van der Waals surface area contributed by atoms with Crippen molar-refractivity contribution in [1.82, 2.24) is 0 Å². The Balaban J connectivity index is 2.46. The predicted molar refractivity (Wildman–Crippen MR) is 69.6 cm³/mol. The number of thioether (sulfide) groups is 1. The van der Waals surface area contributed by atoms with Crippen LogP contribution in [-0.4, -0.2) is 42.6 Å². The zero-order valence-electron chi connectivity index (χ0n) is 10.3. The number of hydrogen-bond acceptors (Lipinski definition) is 4. The predicted octanol–water partition coefficient (Wildman–Crippen LogP) is 1.71. The number of hydrogen-bond donors (Lipinski definition) is 1. The molecule has 0 aromatic rings. The molecule has 16 heavy (non-hydrogen) atoms. The van der Waals surface area contributed by atoms with Crippen LogP contribution < -0.4 is 0 Å². The van der Waals surface area contributed by atoms with E-state index in [0.29, 0.717) is 12.8 Å². The minimum absolute atomic E-state index is 0.156. The molecule has 0 amide bonds. The van der Waals surface area contributed by atoms with E-state index < -0.39 is 15.4 Å². The van der Waals surface area contributed by atoms with Gasteiger partial charge in [-0.15, -0.1) is 0 Å². The number of aliphatic hydroxyl groups is 1. The Bertz CT molecular complexity index is 335. The van der Waals surface area contributed by atoms with E-state index >= 15 is 0 Å². The first-order valence-corrected chi connectivity index (χ1v) is 8.81. The maximum absolute atomic E-state index is 11.0. The van der Waals surface area contributed by atoms with Crippen LogP contribution in [0.3, 0.4) is 0 Å². The van der Waals surface area contributed by atoms with E-state index in [4.69, 9.17) is 0 Å². The van der Waals surface area contributed by atoms with Crippen molar-refractivity contribution in [2.75, 3.05) is 23.5 Å². The lowest BCUT2D eigenvalue weighted by Crippen LogP contribution is -2.42. The van der Waals surface area contributed by atoms with Gasteiger partial charge < -0.3 is 5.11 Å². The standard InChI is InChI=1S/C11H22O3S2/c1-10(2)7-11(12,9-15-8-10)5-4-6-16(3,13)14/h12H,4-9H2,1-3H3. The van der Waals surface area contributed by atoms with Crippen molar-refractivity contribution in [3.63, 3.8) is 0 Å². The molecule has 0 saturated carbocycles. The summed E-state index contributed by atoms with van der Waals surface area (Å²) in [6, 6.07) is 0. The molecule has 1 fully saturated rings. The SMILES string of the molecule is CC1(C)CSCC(O)(CCCS(C)(=O)=O)C1. The second-order valence-electron chi connectivity index (χ2n) is 5.79. The normalized spacial score (nSPS) is 30.2. The summed E-state index contributed by atoms with van der Waals surface area (Å²) < 4.78 is 22.0. The summed E-state index contributed by atoms with van der Waals surface area (Å²) in [5, 5.41) is 10.4. The van der Waals surface area contributed by atoms with Gasteiger partial charge in [0.1, 0.15) is 9.84 Å². The van der Waals surface area contributed by atoms with Gasteiger partial charge in [0, 0.05) is 17.8 Å². The van der Waals surface area contributed by atoms with Crippen LogP contribution in [-0.2, 0) is 9.84 Å². The minimum Gasteiger partial charge on any atom is -0.389 e. The topological polar surface area (TPSA) is 54.4 Å². The summed E-state index contributed by atoms with van der Waals surface area (Å²) in [4.78, 5) is 0. The molecule has 0 spiro atoms. The Labute approximate surface area is 103 Å². The van der Waals surface area contributed by atoms with Crippen molar-refractivity contribution in [3.05, 3.63) is 0 Å². The summed E-state index contributed by atoms with van der Waals surface area (Å²) in [6.07, 6.45) is 3.18. The minimum atomic E-state index is -2.90. The van der Waals surface area contributed by atoms with Gasteiger partial charge in [0.2, 0.25) is 0 Å². The van der Waals surface area contributed by atoms with E-state index in [-0.39, 0.29) is 11.2 Å². The molecule has 96 valence electrons. The lowest BCUT2D eigenvalue weighted by Gasteiger charge is -2.41. The summed E-state index contributed by atoms with van der Waals surface area (Å²) in [5.74, 6) is 1.99.